The van der Waals surface area contributed by atoms with Gasteiger partial charge in [-0.25, -0.2) is 0 Å². The van der Waals surface area contributed by atoms with Gasteiger partial charge in [0, 0.05) is 0 Å². The third-order valence-electron chi connectivity index (χ3n) is 11.7. The minimum absolute atomic E-state index is 0.205. The van der Waals surface area contributed by atoms with Crippen molar-refractivity contribution in [3.8, 4) is 0 Å². The second-order valence-corrected chi connectivity index (χ2v) is 26.3. The maximum absolute atomic E-state index is 7.58. The van der Waals surface area contributed by atoms with E-state index in [0.29, 0.717) is 26.4 Å². The molecule has 0 aromatic heterocycles. The van der Waals surface area contributed by atoms with Gasteiger partial charge in [0.05, 0.1) is 26.4 Å². The van der Waals surface area contributed by atoms with E-state index in [1.165, 1.54) is 20.7 Å². The topological polar surface area (TPSA) is 46.2 Å². The Bertz CT molecular complexity index is 1910. The second-order valence-electron chi connectivity index (χ2n) is 17.7. The molecule has 6 aromatic carbocycles. The smallest absolute Gasteiger partial charge is 0.261 e. The van der Waals surface area contributed by atoms with E-state index in [1.807, 2.05) is 12.1 Å². The van der Waals surface area contributed by atoms with Crippen molar-refractivity contribution < 1.29 is 23.1 Å². The monoisotopic (exact) mass is 820 g/mol. The number of ether oxygens (including phenoxy) is 3. The molecule has 7 rings (SSSR count). The van der Waals surface area contributed by atoms with Gasteiger partial charge in [0.15, 0.2) is 0 Å². The van der Waals surface area contributed by atoms with Gasteiger partial charge in [-0.15, -0.1) is 0 Å². The highest BCUT2D eigenvalue weighted by molar-refractivity contribution is 7.00. The van der Waals surface area contributed by atoms with Crippen LogP contribution in [0.1, 0.15) is 52.7 Å². The van der Waals surface area contributed by atoms with Crippen molar-refractivity contribution in [1.82, 2.24) is 0 Å². The first-order valence-electron chi connectivity index (χ1n) is 21.0. The predicted octanol–water partition coefficient (Wildman–Crippen LogP) is 9.08. The number of hydrogen-bond acceptors (Lipinski definition) is 5. The molecule has 0 amide bonds. The summed E-state index contributed by atoms with van der Waals surface area (Å²) in [5.41, 5.74) is 2.18. The first kappa shape index (κ1) is 42.7. The van der Waals surface area contributed by atoms with E-state index < -0.39 is 41.1 Å². The van der Waals surface area contributed by atoms with E-state index in [1.54, 1.807) is 0 Å². The Labute approximate surface area is 354 Å². The zero-order valence-electron chi connectivity index (χ0n) is 35.5. The lowest BCUT2D eigenvalue weighted by Crippen LogP contribution is -2.67. The van der Waals surface area contributed by atoms with Crippen molar-refractivity contribution in [2.24, 2.45) is 0 Å². The zero-order valence-corrected chi connectivity index (χ0v) is 37.5. The minimum Gasteiger partial charge on any atom is -0.405 e. The number of rotatable bonds is 16. The molecule has 0 radical (unpaired) electrons. The number of hydrogen-bond donors (Lipinski definition) is 0. The van der Waals surface area contributed by atoms with E-state index in [-0.39, 0.29) is 10.1 Å². The third-order valence-corrected chi connectivity index (χ3v) is 21.7. The third kappa shape index (κ3) is 9.32. The van der Waals surface area contributed by atoms with Crippen LogP contribution in [0.4, 0.5) is 0 Å². The minimum atomic E-state index is -2.91. The van der Waals surface area contributed by atoms with Gasteiger partial charge in [0.1, 0.15) is 24.4 Å². The highest BCUT2D eigenvalue weighted by Gasteiger charge is 2.55. The Morgan fingerprint density at radius 1 is 0.390 bits per heavy atom. The van der Waals surface area contributed by atoms with Crippen LogP contribution in [0.15, 0.2) is 182 Å². The molecule has 0 saturated carbocycles. The summed E-state index contributed by atoms with van der Waals surface area (Å²) in [5.74, 6) is 0. The van der Waals surface area contributed by atoms with Gasteiger partial charge in [-0.2, -0.15) is 0 Å². The standard InChI is InChI=1S/C52H60O5Si2/c1-51(2,3)58(43-29-17-9-18-30-43,44-31-19-10-20-32-44)55-39-47-49(53-37-41-25-13-7-14-26-41)50(54-38-42-27-15-8-16-28-42)48(57-47)40-56-59(52(4,5)6,45-33-21-11-22-34-45)46-35-23-12-24-36-46/h7-36,47-50H,37-40H2,1-6H3/t47-,48-,49+,50+/m0/s1. The van der Waals surface area contributed by atoms with Crippen LogP contribution in [0.25, 0.3) is 0 Å². The molecule has 59 heavy (non-hydrogen) atoms. The van der Waals surface area contributed by atoms with E-state index >= 15 is 0 Å². The van der Waals surface area contributed by atoms with Crippen LogP contribution in [0.5, 0.6) is 0 Å². The van der Waals surface area contributed by atoms with Crippen LogP contribution >= 0.6 is 0 Å². The summed E-state index contributed by atoms with van der Waals surface area (Å²) in [5, 5.41) is 4.49. The molecule has 6 aromatic rings. The molecule has 1 fully saturated rings. The molecule has 1 heterocycles. The van der Waals surface area contributed by atoms with Gasteiger partial charge in [-0.05, 0) is 42.0 Å². The fourth-order valence-corrected chi connectivity index (χ4v) is 18.1. The maximum Gasteiger partial charge on any atom is 0.261 e. The lowest BCUT2D eigenvalue weighted by atomic mass is 10.1. The fourth-order valence-electron chi connectivity index (χ4n) is 8.95. The molecular weight excluding hydrogens is 761 g/mol. The lowest BCUT2D eigenvalue weighted by Gasteiger charge is -2.44. The first-order valence-corrected chi connectivity index (χ1v) is 24.8. The van der Waals surface area contributed by atoms with E-state index in [9.17, 15) is 0 Å². The maximum atomic E-state index is 7.58. The first-order chi connectivity index (χ1) is 28.5. The van der Waals surface area contributed by atoms with Crippen molar-refractivity contribution in [1.29, 1.82) is 0 Å². The molecule has 1 saturated heterocycles. The summed E-state index contributed by atoms with van der Waals surface area (Å²) in [6, 6.07) is 63.9. The van der Waals surface area contributed by atoms with Crippen molar-refractivity contribution >= 4 is 37.4 Å². The van der Waals surface area contributed by atoms with Gasteiger partial charge in [0.2, 0.25) is 0 Å². The van der Waals surface area contributed by atoms with Crippen LogP contribution in [0.2, 0.25) is 10.1 Å². The van der Waals surface area contributed by atoms with Crippen LogP contribution in [0.3, 0.4) is 0 Å². The molecule has 0 aliphatic carbocycles. The molecule has 0 spiro atoms. The van der Waals surface area contributed by atoms with Crippen LogP contribution < -0.4 is 20.7 Å². The normalized spacial score (nSPS) is 18.8. The molecule has 306 valence electrons. The molecule has 4 atom stereocenters. The SMILES string of the molecule is CC(C)(C)[Si](OC[C@@H]1O[C@@H](CO[Si](c2ccccc2)(c2ccccc2)C(C)(C)C)[C@@H](OCc2ccccc2)[C@@H]1OCc1ccccc1)(c1ccccc1)c1ccccc1. The number of benzene rings is 6. The Balaban J connectivity index is 1.29. The van der Waals surface area contributed by atoms with Crippen molar-refractivity contribution in [3.63, 3.8) is 0 Å². The summed E-state index contributed by atoms with van der Waals surface area (Å²) in [6.07, 6.45) is -1.75. The van der Waals surface area contributed by atoms with Crippen molar-refractivity contribution in [2.75, 3.05) is 13.2 Å². The van der Waals surface area contributed by atoms with Crippen LogP contribution in [-0.2, 0) is 36.3 Å². The molecule has 7 heteroatoms. The summed E-state index contributed by atoms with van der Waals surface area (Å²) in [4.78, 5) is 0. The highest BCUT2D eigenvalue weighted by atomic mass is 28.4. The van der Waals surface area contributed by atoms with Gasteiger partial charge < -0.3 is 23.1 Å². The van der Waals surface area contributed by atoms with Crippen LogP contribution in [-0.4, -0.2) is 54.3 Å². The molecule has 0 bridgehead atoms. The molecule has 1 aliphatic heterocycles. The van der Waals surface area contributed by atoms with Gasteiger partial charge in [0.25, 0.3) is 16.6 Å². The Hall–Kier alpha value is -4.45. The highest BCUT2D eigenvalue weighted by Crippen LogP contribution is 2.40. The Morgan fingerprint density at radius 2 is 0.644 bits per heavy atom. The lowest BCUT2D eigenvalue weighted by molar-refractivity contribution is -0.0846. The summed E-state index contributed by atoms with van der Waals surface area (Å²) in [7, 11) is -5.82. The Kier molecular flexibility index (Phi) is 13.6. The van der Waals surface area contributed by atoms with Crippen LogP contribution in [0, 0.1) is 0 Å². The second kappa shape index (κ2) is 18.9. The van der Waals surface area contributed by atoms with Gasteiger partial charge >= 0.3 is 0 Å². The summed E-state index contributed by atoms with van der Waals surface area (Å²) < 4.78 is 36.4. The molecule has 0 N–H and O–H groups in total. The molecule has 1 aliphatic rings. The fraction of sp³-hybridized carbons (Fsp3) is 0.308. The average Bonchev–Trinajstić information content (AvgIpc) is 3.59. The Morgan fingerprint density at radius 3 is 0.898 bits per heavy atom. The van der Waals surface area contributed by atoms with Gasteiger partial charge in [-0.1, -0.05) is 224 Å². The average molecular weight is 821 g/mol. The van der Waals surface area contributed by atoms with Gasteiger partial charge in [-0.3, -0.25) is 0 Å². The van der Waals surface area contributed by atoms with Crippen molar-refractivity contribution in [2.45, 2.75) is 89.2 Å². The molecular formula is C52H60O5Si2. The van der Waals surface area contributed by atoms with Crippen molar-refractivity contribution in [3.05, 3.63) is 193 Å². The largest absolute Gasteiger partial charge is 0.405 e. The summed E-state index contributed by atoms with van der Waals surface area (Å²) in [6.45, 7) is 15.3. The molecule has 0 unspecified atom stereocenters. The van der Waals surface area contributed by atoms with E-state index in [0.717, 1.165) is 11.1 Å². The van der Waals surface area contributed by atoms with E-state index in [2.05, 4.69) is 211 Å². The van der Waals surface area contributed by atoms with E-state index in [4.69, 9.17) is 23.1 Å². The zero-order chi connectivity index (χ0) is 41.4. The summed E-state index contributed by atoms with van der Waals surface area (Å²) >= 11 is 0. The molecule has 5 nitrogen and oxygen atoms in total. The predicted molar refractivity (Wildman–Crippen MR) is 246 cm³/mol. The quantitative estimate of drug-likeness (QED) is 0.0913.